The van der Waals surface area contributed by atoms with E-state index in [1.54, 1.807) is 0 Å². The molecule has 0 aliphatic carbocycles. The van der Waals surface area contributed by atoms with Crippen molar-refractivity contribution < 1.29 is 4.74 Å². The van der Waals surface area contributed by atoms with E-state index < -0.39 is 0 Å². The van der Waals surface area contributed by atoms with E-state index in [0.29, 0.717) is 6.61 Å². The molecule has 2 atom stereocenters. The highest BCUT2D eigenvalue weighted by molar-refractivity contribution is 5.13. The van der Waals surface area contributed by atoms with E-state index in [1.807, 2.05) is 50.3 Å². The standard InChI is InChI=1S/C14H21NO/c1-4-10-14(3,15)12(2)16-11-13-8-6-5-7-9-13/h4-9,12H,1,10-11,15H2,2-3H3/t12-,14-/m0/s1. The predicted octanol–water partition coefficient (Wildman–Crippen LogP) is 2.89. The Hall–Kier alpha value is -1.12. The second-order valence-electron chi connectivity index (χ2n) is 4.44. The summed E-state index contributed by atoms with van der Waals surface area (Å²) < 4.78 is 5.77. The van der Waals surface area contributed by atoms with Crippen molar-refractivity contribution in [1.82, 2.24) is 0 Å². The number of benzene rings is 1. The molecule has 0 aliphatic heterocycles. The monoisotopic (exact) mass is 219 g/mol. The lowest BCUT2D eigenvalue weighted by Crippen LogP contribution is -2.47. The third kappa shape index (κ3) is 3.80. The van der Waals surface area contributed by atoms with Crippen molar-refractivity contribution in [2.24, 2.45) is 5.73 Å². The molecule has 0 fully saturated rings. The van der Waals surface area contributed by atoms with Crippen LogP contribution in [-0.2, 0) is 11.3 Å². The van der Waals surface area contributed by atoms with Gasteiger partial charge in [0.05, 0.1) is 12.7 Å². The first-order valence-electron chi connectivity index (χ1n) is 5.61. The molecule has 1 aromatic carbocycles. The fourth-order valence-corrected chi connectivity index (χ4v) is 1.46. The van der Waals surface area contributed by atoms with E-state index in [2.05, 4.69) is 6.58 Å². The molecule has 0 radical (unpaired) electrons. The Morgan fingerprint density at radius 2 is 2.06 bits per heavy atom. The molecule has 0 unspecified atom stereocenters. The summed E-state index contributed by atoms with van der Waals surface area (Å²) >= 11 is 0. The molecule has 0 heterocycles. The van der Waals surface area contributed by atoms with Gasteiger partial charge in [0.25, 0.3) is 0 Å². The van der Waals surface area contributed by atoms with Gasteiger partial charge in [0.1, 0.15) is 0 Å². The van der Waals surface area contributed by atoms with E-state index in [9.17, 15) is 0 Å². The summed E-state index contributed by atoms with van der Waals surface area (Å²) in [6.45, 7) is 8.31. The molecular formula is C14H21NO. The highest BCUT2D eigenvalue weighted by Crippen LogP contribution is 2.16. The minimum absolute atomic E-state index is 0.00528. The summed E-state index contributed by atoms with van der Waals surface area (Å²) in [5.74, 6) is 0. The normalized spacial score (nSPS) is 16.4. The minimum atomic E-state index is -0.351. The average molecular weight is 219 g/mol. The Morgan fingerprint density at radius 1 is 1.44 bits per heavy atom. The maximum absolute atomic E-state index is 6.14. The molecule has 16 heavy (non-hydrogen) atoms. The first-order valence-corrected chi connectivity index (χ1v) is 5.61. The molecule has 1 rings (SSSR count). The zero-order valence-electron chi connectivity index (χ0n) is 10.1. The predicted molar refractivity (Wildman–Crippen MR) is 68.1 cm³/mol. The van der Waals surface area contributed by atoms with Crippen LogP contribution in [0.15, 0.2) is 43.0 Å². The number of nitrogens with two attached hydrogens (primary N) is 1. The van der Waals surface area contributed by atoms with Crippen LogP contribution >= 0.6 is 0 Å². The quantitative estimate of drug-likeness (QED) is 0.747. The first kappa shape index (κ1) is 12.9. The van der Waals surface area contributed by atoms with Gasteiger partial charge in [-0.1, -0.05) is 36.4 Å². The molecule has 2 heteroatoms. The largest absolute Gasteiger partial charge is 0.372 e. The smallest absolute Gasteiger partial charge is 0.0731 e. The summed E-state index contributed by atoms with van der Waals surface area (Å²) in [5.41, 5.74) is 6.96. The van der Waals surface area contributed by atoms with Gasteiger partial charge >= 0.3 is 0 Å². The molecule has 0 bridgehead atoms. The van der Waals surface area contributed by atoms with Crippen LogP contribution in [0.2, 0.25) is 0 Å². The lowest BCUT2D eigenvalue weighted by Gasteiger charge is -2.30. The molecule has 88 valence electrons. The molecular weight excluding hydrogens is 198 g/mol. The van der Waals surface area contributed by atoms with Gasteiger partial charge in [0.15, 0.2) is 0 Å². The van der Waals surface area contributed by atoms with Crippen molar-refractivity contribution in [3.63, 3.8) is 0 Å². The van der Waals surface area contributed by atoms with E-state index >= 15 is 0 Å². The number of rotatable bonds is 6. The summed E-state index contributed by atoms with van der Waals surface area (Å²) in [6, 6.07) is 10.1. The molecule has 0 aliphatic rings. The zero-order chi connectivity index (χ0) is 12.0. The van der Waals surface area contributed by atoms with Crippen molar-refractivity contribution in [3.8, 4) is 0 Å². The van der Waals surface area contributed by atoms with Gasteiger partial charge in [-0.05, 0) is 25.8 Å². The van der Waals surface area contributed by atoms with E-state index in [4.69, 9.17) is 10.5 Å². The number of ether oxygens (including phenoxy) is 1. The van der Waals surface area contributed by atoms with Crippen LogP contribution in [0.1, 0.15) is 25.8 Å². The number of hydrogen-bond acceptors (Lipinski definition) is 2. The Kier molecular flexibility index (Phi) is 4.71. The van der Waals surface area contributed by atoms with Crippen molar-refractivity contribution in [2.45, 2.75) is 38.5 Å². The molecule has 0 saturated heterocycles. The lowest BCUT2D eigenvalue weighted by molar-refractivity contribution is 0.00659. The Bertz CT molecular complexity index is 319. The van der Waals surface area contributed by atoms with Crippen LogP contribution in [0.5, 0.6) is 0 Å². The molecule has 0 spiro atoms. The Morgan fingerprint density at radius 3 is 2.62 bits per heavy atom. The van der Waals surface area contributed by atoms with Crippen LogP contribution in [0.25, 0.3) is 0 Å². The van der Waals surface area contributed by atoms with Crippen molar-refractivity contribution in [1.29, 1.82) is 0 Å². The maximum Gasteiger partial charge on any atom is 0.0731 e. The van der Waals surface area contributed by atoms with Crippen LogP contribution in [-0.4, -0.2) is 11.6 Å². The van der Waals surface area contributed by atoms with Crippen LogP contribution in [0.4, 0.5) is 0 Å². The topological polar surface area (TPSA) is 35.2 Å². The SMILES string of the molecule is C=CC[C@](C)(N)[C@H](C)OCc1ccccc1. The van der Waals surface area contributed by atoms with Gasteiger partial charge < -0.3 is 10.5 Å². The summed E-state index contributed by atoms with van der Waals surface area (Å²) in [5, 5.41) is 0. The van der Waals surface area contributed by atoms with Crippen LogP contribution in [0.3, 0.4) is 0 Å². The van der Waals surface area contributed by atoms with Gasteiger partial charge in [0.2, 0.25) is 0 Å². The van der Waals surface area contributed by atoms with Crippen molar-refractivity contribution in [2.75, 3.05) is 0 Å². The van der Waals surface area contributed by atoms with Crippen LogP contribution < -0.4 is 5.73 Å². The van der Waals surface area contributed by atoms with Gasteiger partial charge in [-0.25, -0.2) is 0 Å². The zero-order valence-corrected chi connectivity index (χ0v) is 10.1. The van der Waals surface area contributed by atoms with E-state index in [0.717, 1.165) is 6.42 Å². The Labute approximate surface area is 98.1 Å². The second-order valence-corrected chi connectivity index (χ2v) is 4.44. The molecule has 2 nitrogen and oxygen atoms in total. The highest BCUT2D eigenvalue weighted by Gasteiger charge is 2.25. The summed E-state index contributed by atoms with van der Waals surface area (Å²) in [6.07, 6.45) is 2.59. The van der Waals surface area contributed by atoms with E-state index in [1.165, 1.54) is 5.56 Å². The summed E-state index contributed by atoms with van der Waals surface area (Å²) in [7, 11) is 0. The third-order valence-corrected chi connectivity index (χ3v) is 2.86. The first-order chi connectivity index (χ1) is 7.56. The van der Waals surface area contributed by atoms with Gasteiger partial charge in [0, 0.05) is 5.54 Å². The van der Waals surface area contributed by atoms with E-state index in [-0.39, 0.29) is 11.6 Å². The van der Waals surface area contributed by atoms with Gasteiger partial charge in [-0.3, -0.25) is 0 Å². The number of hydrogen-bond donors (Lipinski definition) is 1. The maximum atomic E-state index is 6.14. The van der Waals surface area contributed by atoms with Gasteiger partial charge in [-0.15, -0.1) is 6.58 Å². The lowest BCUT2D eigenvalue weighted by atomic mass is 9.93. The molecule has 1 aromatic rings. The fourth-order valence-electron chi connectivity index (χ4n) is 1.46. The molecule has 0 amide bonds. The highest BCUT2D eigenvalue weighted by atomic mass is 16.5. The average Bonchev–Trinajstić information content (AvgIpc) is 2.27. The minimum Gasteiger partial charge on any atom is -0.372 e. The fraction of sp³-hybridized carbons (Fsp3) is 0.429. The molecule has 0 saturated carbocycles. The Balaban J connectivity index is 2.46. The van der Waals surface area contributed by atoms with Crippen LogP contribution in [0, 0.1) is 0 Å². The third-order valence-electron chi connectivity index (χ3n) is 2.86. The van der Waals surface area contributed by atoms with Crippen molar-refractivity contribution >= 4 is 0 Å². The summed E-state index contributed by atoms with van der Waals surface area (Å²) in [4.78, 5) is 0. The van der Waals surface area contributed by atoms with Gasteiger partial charge in [-0.2, -0.15) is 0 Å². The molecule has 2 N–H and O–H groups in total. The van der Waals surface area contributed by atoms with Crippen molar-refractivity contribution in [3.05, 3.63) is 48.6 Å². The molecule has 0 aromatic heterocycles. The second kappa shape index (κ2) is 5.83.